The molecule has 2 aromatic heterocycles. The molecular weight excluding hydrogens is 457 g/mol. The topological polar surface area (TPSA) is 119 Å². The Labute approximate surface area is 197 Å². The monoisotopic (exact) mass is 473 g/mol. The number of urea groups is 1. The second-order valence-corrected chi connectivity index (χ2v) is 8.97. The van der Waals surface area contributed by atoms with E-state index in [0.29, 0.717) is 27.1 Å². The lowest BCUT2D eigenvalue weighted by Crippen LogP contribution is -2.62. The number of pyridine rings is 1. The second-order valence-electron chi connectivity index (χ2n) is 7.78. The maximum atomic E-state index is 13.7. The Bertz CT molecular complexity index is 1470. The summed E-state index contributed by atoms with van der Waals surface area (Å²) >= 11 is 1.22. The molecule has 0 bridgehead atoms. The highest BCUT2D eigenvalue weighted by Crippen LogP contribution is 2.46. The van der Waals surface area contributed by atoms with Crippen molar-refractivity contribution in [3.8, 4) is 12.1 Å². The van der Waals surface area contributed by atoms with Gasteiger partial charge < -0.3 is 4.90 Å². The Kier molecular flexibility index (Phi) is 5.27. The van der Waals surface area contributed by atoms with Gasteiger partial charge in [0.15, 0.2) is 0 Å². The first-order valence-corrected chi connectivity index (χ1v) is 11.2. The third-order valence-electron chi connectivity index (χ3n) is 5.84. The zero-order chi connectivity index (χ0) is 24.0. The molecule has 0 radical (unpaired) electrons. The number of carbonyl (C=O) groups is 2. The van der Waals surface area contributed by atoms with E-state index in [4.69, 9.17) is 5.26 Å². The number of imide groups is 1. The molecule has 1 fully saturated rings. The van der Waals surface area contributed by atoms with E-state index in [1.807, 2.05) is 12.1 Å². The first-order valence-electron chi connectivity index (χ1n) is 10.3. The maximum absolute atomic E-state index is 13.7. The Morgan fingerprint density at radius 2 is 2.03 bits per heavy atom. The van der Waals surface area contributed by atoms with Gasteiger partial charge in [0.2, 0.25) is 0 Å². The Hall–Kier alpha value is -4.22. The van der Waals surface area contributed by atoms with Gasteiger partial charge in [-0.1, -0.05) is 0 Å². The number of hydrogen-bond acceptors (Lipinski definition) is 7. The summed E-state index contributed by atoms with van der Waals surface area (Å²) in [7, 11) is 1.71. The predicted molar refractivity (Wildman–Crippen MR) is 123 cm³/mol. The second kappa shape index (κ2) is 8.28. The fourth-order valence-electron chi connectivity index (χ4n) is 4.31. The van der Waals surface area contributed by atoms with Crippen LogP contribution in [0.25, 0.3) is 15.8 Å². The lowest BCUT2D eigenvalue weighted by atomic mass is 10.0. The number of anilines is 1. The Balaban J connectivity index is 1.60. The molecule has 1 aromatic carbocycles. The maximum Gasteiger partial charge on any atom is 0.332 e. The smallest absolute Gasteiger partial charge is 0.315 e. The molecule has 2 aliphatic rings. The van der Waals surface area contributed by atoms with E-state index in [2.05, 4.69) is 10.1 Å². The van der Waals surface area contributed by atoms with Crippen molar-refractivity contribution >= 4 is 45.2 Å². The van der Waals surface area contributed by atoms with Crippen LogP contribution >= 0.6 is 11.8 Å². The molecule has 2 atom stereocenters. The van der Waals surface area contributed by atoms with Gasteiger partial charge in [0.25, 0.3) is 5.91 Å². The van der Waals surface area contributed by atoms with Crippen LogP contribution in [-0.2, 0) is 11.8 Å². The summed E-state index contributed by atoms with van der Waals surface area (Å²) in [5, 5.41) is 22.8. The molecule has 0 spiro atoms. The zero-order valence-corrected chi connectivity index (χ0v) is 18.7. The van der Waals surface area contributed by atoms with Gasteiger partial charge in [0, 0.05) is 35.6 Å². The average molecular weight is 473 g/mol. The molecule has 1 saturated heterocycles. The molecule has 0 aliphatic carbocycles. The molecule has 168 valence electrons. The van der Waals surface area contributed by atoms with Crippen LogP contribution in [0.15, 0.2) is 42.9 Å². The summed E-state index contributed by atoms with van der Waals surface area (Å²) in [6, 6.07) is 6.75. The molecule has 3 aromatic rings. The van der Waals surface area contributed by atoms with Crippen LogP contribution in [0.4, 0.5) is 14.9 Å². The van der Waals surface area contributed by atoms with E-state index in [0.717, 1.165) is 11.0 Å². The van der Waals surface area contributed by atoms with Gasteiger partial charge in [-0.05, 0) is 24.3 Å². The lowest BCUT2D eigenvalue weighted by Gasteiger charge is -2.40. The first-order chi connectivity index (χ1) is 16.4. The largest absolute Gasteiger partial charge is 0.332 e. The summed E-state index contributed by atoms with van der Waals surface area (Å²) in [5.41, 5.74) is 1.52. The summed E-state index contributed by atoms with van der Waals surface area (Å²) < 4.78 is 15.2. The summed E-state index contributed by atoms with van der Waals surface area (Å²) in [5.74, 6) is -0.971. The van der Waals surface area contributed by atoms with Crippen molar-refractivity contribution < 1.29 is 14.0 Å². The fraction of sp³-hybridized carbons (Fsp3) is 0.217. The highest BCUT2D eigenvalue weighted by Gasteiger charge is 2.50. The number of fused-ring (bicyclic) bond motifs is 2. The molecule has 0 saturated carbocycles. The first kappa shape index (κ1) is 21.6. The van der Waals surface area contributed by atoms with E-state index in [1.54, 1.807) is 30.2 Å². The van der Waals surface area contributed by atoms with Gasteiger partial charge >= 0.3 is 6.03 Å². The van der Waals surface area contributed by atoms with Crippen LogP contribution in [0.5, 0.6) is 0 Å². The highest BCUT2D eigenvalue weighted by molar-refractivity contribution is 8.09. The van der Waals surface area contributed by atoms with Crippen LogP contribution in [0.2, 0.25) is 0 Å². The van der Waals surface area contributed by atoms with Gasteiger partial charge in [0.1, 0.15) is 11.1 Å². The number of nitriles is 2. The average Bonchev–Trinajstić information content (AvgIpc) is 3.44. The number of halogens is 1. The molecule has 5 rings (SSSR count). The molecule has 3 amide bonds. The van der Waals surface area contributed by atoms with Crippen molar-refractivity contribution in [1.82, 2.24) is 19.7 Å². The lowest BCUT2D eigenvalue weighted by molar-refractivity contribution is -0.119. The van der Waals surface area contributed by atoms with E-state index in [9.17, 15) is 19.2 Å². The number of benzene rings is 1. The van der Waals surface area contributed by atoms with Crippen LogP contribution in [0, 0.1) is 28.5 Å². The Morgan fingerprint density at radius 3 is 2.79 bits per heavy atom. The van der Waals surface area contributed by atoms with Crippen molar-refractivity contribution in [2.75, 3.05) is 11.4 Å². The Morgan fingerprint density at radius 1 is 1.21 bits per heavy atom. The van der Waals surface area contributed by atoms with E-state index in [1.165, 1.54) is 35.0 Å². The minimum Gasteiger partial charge on any atom is -0.315 e. The van der Waals surface area contributed by atoms with Gasteiger partial charge in [-0.2, -0.15) is 15.6 Å². The summed E-state index contributed by atoms with van der Waals surface area (Å²) in [4.78, 5) is 34.6. The molecular formula is C23H16FN7O2S. The van der Waals surface area contributed by atoms with Gasteiger partial charge in [-0.25, -0.2) is 14.1 Å². The molecule has 11 heteroatoms. The molecule has 2 unspecified atom stereocenters. The third-order valence-corrected chi connectivity index (χ3v) is 7.18. The number of thioether (sulfide) groups is 1. The zero-order valence-electron chi connectivity index (χ0n) is 17.8. The van der Waals surface area contributed by atoms with Crippen molar-refractivity contribution in [2.45, 2.75) is 17.7 Å². The van der Waals surface area contributed by atoms with Crippen molar-refractivity contribution in [1.29, 1.82) is 10.5 Å². The number of aromatic nitrogens is 3. The standard InChI is InChI=1S/C23H16FN7O2S/c1-29-20-14(11-28-29)10-27-12-18(20)31-22(32)21-17(30(23(31)33)6-2-5-25)8-19(34-21)16-4-3-15(24)7-13(16)9-26/h3-4,7-8,10-12,17,21H,2,6H2,1H3. The number of carbonyl (C=O) groups excluding carboxylic acids is 2. The van der Waals surface area contributed by atoms with E-state index >= 15 is 0 Å². The number of nitrogens with zero attached hydrogens (tertiary/aromatic N) is 7. The number of hydrogen-bond donors (Lipinski definition) is 0. The summed E-state index contributed by atoms with van der Waals surface area (Å²) in [6.07, 6.45) is 6.48. The molecule has 2 aliphatic heterocycles. The molecule has 9 nitrogen and oxygen atoms in total. The normalized spacial score (nSPS) is 19.7. The van der Waals surface area contributed by atoms with Crippen LogP contribution < -0.4 is 4.90 Å². The molecule has 0 N–H and O–H groups in total. The SMILES string of the molecule is Cn1ncc2cncc(N3C(=O)C4SC(c5ccc(F)cc5C#N)=CC4N(CCC#N)C3=O)c21. The van der Waals surface area contributed by atoms with Crippen LogP contribution in [0.1, 0.15) is 17.5 Å². The van der Waals surface area contributed by atoms with Crippen molar-refractivity contribution in [3.63, 3.8) is 0 Å². The van der Waals surface area contributed by atoms with Crippen LogP contribution in [0.3, 0.4) is 0 Å². The molecule has 4 heterocycles. The van der Waals surface area contributed by atoms with Gasteiger partial charge in [-0.15, -0.1) is 11.8 Å². The van der Waals surface area contributed by atoms with Crippen molar-refractivity contribution in [2.24, 2.45) is 7.05 Å². The molecule has 34 heavy (non-hydrogen) atoms. The van der Waals surface area contributed by atoms with Crippen molar-refractivity contribution in [3.05, 3.63) is 59.8 Å². The van der Waals surface area contributed by atoms with Crippen LogP contribution in [-0.4, -0.2) is 49.4 Å². The third kappa shape index (κ3) is 3.29. The van der Waals surface area contributed by atoms with E-state index in [-0.39, 0.29) is 18.5 Å². The number of aryl methyl sites for hydroxylation is 1. The summed E-state index contributed by atoms with van der Waals surface area (Å²) in [6.45, 7) is 0.119. The van der Waals surface area contributed by atoms with Gasteiger partial charge in [-0.3, -0.25) is 14.5 Å². The number of amides is 3. The predicted octanol–water partition coefficient (Wildman–Crippen LogP) is 3.19. The number of rotatable bonds is 4. The quantitative estimate of drug-likeness (QED) is 0.571. The van der Waals surface area contributed by atoms with Gasteiger partial charge in [0.05, 0.1) is 53.8 Å². The highest BCUT2D eigenvalue weighted by atomic mass is 32.2. The minimum atomic E-state index is -0.702. The van der Waals surface area contributed by atoms with E-state index < -0.39 is 29.0 Å². The fourth-order valence-corrected chi connectivity index (χ4v) is 5.67. The minimum absolute atomic E-state index is 0.0823.